The predicted octanol–water partition coefficient (Wildman–Crippen LogP) is 3.21. The van der Waals surface area contributed by atoms with Gasteiger partial charge in [0.05, 0.1) is 4.88 Å². The molecule has 0 unspecified atom stereocenters. The van der Waals surface area contributed by atoms with Gasteiger partial charge in [-0.15, -0.1) is 11.3 Å². The molecule has 0 aliphatic carbocycles. The summed E-state index contributed by atoms with van der Waals surface area (Å²) in [5, 5.41) is 8.76. The summed E-state index contributed by atoms with van der Waals surface area (Å²) in [5.74, 6) is -0.150. The van der Waals surface area contributed by atoms with Crippen LogP contribution in [0.3, 0.4) is 0 Å². The molecule has 6 heteroatoms. The van der Waals surface area contributed by atoms with E-state index in [9.17, 15) is 4.79 Å². The number of hydrogen-bond donors (Lipinski definition) is 2. The summed E-state index contributed by atoms with van der Waals surface area (Å²) in [6, 6.07) is 1.98. The highest BCUT2D eigenvalue weighted by Crippen LogP contribution is 2.33. The summed E-state index contributed by atoms with van der Waals surface area (Å²) in [4.78, 5) is 13.2. The quantitative estimate of drug-likeness (QED) is 0.801. The van der Waals surface area contributed by atoms with Crippen molar-refractivity contribution in [2.24, 2.45) is 0 Å². The van der Waals surface area contributed by atoms with Crippen LogP contribution >= 0.6 is 11.3 Å². The average Bonchev–Trinajstić information content (AvgIpc) is 3.00. The van der Waals surface area contributed by atoms with Gasteiger partial charge in [0.2, 0.25) is 5.88 Å². The van der Waals surface area contributed by atoms with Crippen LogP contribution in [-0.2, 0) is 0 Å². The molecule has 2 aromatic rings. The summed E-state index contributed by atoms with van der Waals surface area (Å²) in [5.41, 5.74) is 7.67. The normalized spacial score (nSPS) is 10.7. The number of unbranched alkanes of at least 4 members (excludes halogenated alkanes) is 2. The molecule has 0 radical (unpaired) electrons. The number of rotatable bonds is 6. The highest BCUT2D eigenvalue weighted by molar-refractivity contribution is 7.13. The molecule has 0 atom stereocenters. The molecule has 5 nitrogen and oxygen atoms in total. The molecule has 2 aromatic heterocycles. The van der Waals surface area contributed by atoms with E-state index >= 15 is 0 Å². The van der Waals surface area contributed by atoms with Crippen LogP contribution in [0.1, 0.15) is 42.1 Å². The van der Waals surface area contributed by atoms with Crippen molar-refractivity contribution in [2.45, 2.75) is 33.1 Å². The molecule has 3 N–H and O–H groups in total. The molecule has 0 aliphatic rings. The second kappa shape index (κ2) is 6.56. The largest absolute Gasteiger partial charge is 0.367 e. The number of aromatic nitrogens is 1. The van der Waals surface area contributed by atoms with Gasteiger partial charge in [-0.2, -0.15) is 0 Å². The molecule has 0 saturated carbocycles. The number of nitrogens with two attached hydrogens (primary N) is 1. The summed E-state index contributed by atoms with van der Waals surface area (Å²) in [6.07, 6.45) is 3.17. The fraction of sp³-hybridized carbons (Fsp3) is 0.429. The van der Waals surface area contributed by atoms with E-state index in [2.05, 4.69) is 17.4 Å². The lowest BCUT2D eigenvalue weighted by atomic mass is 10.1. The molecule has 2 rings (SSSR count). The Hall–Kier alpha value is -1.82. The van der Waals surface area contributed by atoms with Gasteiger partial charge in [0.1, 0.15) is 11.3 Å². The van der Waals surface area contributed by atoms with Crippen molar-refractivity contribution in [1.82, 2.24) is 10.5 Å². The number of anilines is 1. The van der Waals surface area contributed by atoms with E-state index in [1.165, 1.54) is 11.3 Å². The van der Waals surface area contributed by atoms with Crippen LogP contribution in [0, 0.1) is 6.92 Å². The van der Waals surface area contributed by atoms with Gasteiger partial charge >= 0.3 is 0 Å². The van der Waals surface area contributed by atoms with Crippen LogP contribution in [0.2, 0.25) is 0 Å². The monoisotopic (exact) mass is 293 g/mol. The number of carbonyl (C=O) groups is 1. The lowest BCUT2D eigenvalue weighted by Gasteiger charge is -2.04. The fourth-order valence-corrected chi connectivity index (χ4v) is 2.87. The topological polar surface area (TPSA) is 81.2 Å². The van der Waals surface area contributed by atoms with Gasteiger partial charge in [0, 0.05) is 6.54 Å². The predicted molar refractivity (Wildman–Crippen MR) is 80.8 cm³/mol. The molecule has 2 heterocycles. The third kappa shape index (κ3) is 3.01. The lowest BCUT2D eigenvalue weighted by molar-refractivity contribution is 0.0954. The summed E-state index contributed by atoms with van der Waals surface area (Å²) in [6.45, 7) is 4.73. The summed E-state index contributed by atoms with van der Waals surface area (Å²) >= 11 is 1.52. The highest BCUT2D eigenvalue weighted by atomic mass is 32.1. The maximum atomic E-state index is 12.2. The molecule has 0 saturated heterocycles. The second-order valence-electron chi connectivity index (χ2n) is 4.67. The van der Waals surface area contributed by atoms with Crippen molar-refractivity contribution in [1.29, 1.82) is 0 Å². The van der Waals surface area contributed by atoms with Gasteiger partial charge in [-0.1, -0.05) is 24.9 Å². The Balaban J connectivity index is 2.17. The molecule has 0 spiro atoms. The Morgan fingerprint density at radius 3 is 2.95 bits per heavy atom. The van der Waals surface area contributed by atoms with E-state index in [4.69, 9.17) is 10.3 Å². The zero-order chi connectivity index (χ0) is 14.5. The molecule has 20 heavy (non-hydrogen) atoms. The van der Waals surface area contributed by atoms with E-state index < -0.39 is 0 Å². The summed E-state index contributed by atoms with van der Waals surface area (Å²) in [7, 11) is 0. The van der Waals surface area contributed by atoms with Crippen molar-refractivity contribution < 1.29 is 9.32 Å². The van der Waals surface area contributed by atoms with Gasteiger partial charge in [0.25, 0.3) is 5.91 Å². The smallest absolute Gasteiger partial charge is 0.259 e. The van der Waals surface area contributed by atoms with E-state index in [1.807, 2.05) is 18.4 Å². The molecular weight excluding hydrogens is 274 g/mol. The molecular formula is C14H19N3O2S. The Bertz CT molecular complexity index is 589. The van der Waals surface area contributed by atoms with Crippen molar-refractivity contribution in [3.05, 3.63) is 22.6 Å². The van der Waals surface area contributed by atoms with Gasteiger partial charge in [-0.05, 0) is 30.4 Å². The number of nitrogens with one attached hydrogen (secondary N) is 1. The molecule has 0 aliphatic heterocycles. The van der Waals surface area contributed by atoms with Crippen molar-refractivity contribution in [2.75, 3.05) is 12.3 Å². The first-order chi connectivity index (χ1) is 9.65. The van der Waals surface area contributed by atoms with Crippen LogP contribution in [0.5, 0.6) is 0 Å². The van der Waals surface area contributed by atoms with Crippen LogP contribution in [0.25, 0.3) is 10.6 Å². The maximum Gasteiger partial charge on any atom is 0.259 e. The Morgan fingerprint density at radius 1 is 1.50 bits per heavy atom. The minimum absolute atomic E-state index is 0.0702. The average molecular weight is 293 g/mol. The minimum Gasteiger partial charge on any atom is -0.367 e. The van der Waals surface area contributed by atoms with Gasteiger partial charge in [-0.3, -0.25) is 4.79 Å². The fourth-order valence-electron chi connectivity index (χ4n) is 1.96. The van der Waals surface area contributed by atoms with Crippen molar-refractivity contribution >= 4 is 23.1 Å². The van der Waals surface area contributed by atoms with Gasteiger partial charge in [0.15, 0.2) is 0 Å². The Labute approximate surface area is 122 Å². The van der Waals surface area contributed by atoms with Crippen LogP contribution in [0.4, 0.5) is 5.88 Å². The van der Waals surface area contributed by atoms with E-state index in [0.29, 0.717) is 17.8 Å². The zero-order valence-electron chi connectivity index (χ0n) is 11.7. The van der Waals surface area contributed by atoms with Gasteiger partial charge < -0.3 is 15.6 Å². The molecule has 1 amide bonds. The molecule has 0 fully saturated rings. The van der Waals surface area contributed by atoms with Crippen LogP contribution in [-0.4, -0.2) is 17.6 Å². The number of carbonyl (C=O) groups excluding carboxylic acids is 1. The standard InChI is InChI=1S/C14H19N3O2S/c1-3-4-5-7-16-14(18)10-11(17-19-13(10)15)12-9(2)6-8-20-12/h6,8H,3-5,7,15H2,1-2H3,(H,16,18). The lowest BCUT2D eigenvalue weighted by Crippen LogP contribution is -2.25. The number of aryl methyl sites for hydroxylation is 1. The Morgan fingerprint density at radius 2 is 2.30 bits per heavy atom. The summed E-state index contributed by atoms with van der Waals surface area (Å²) < 4.78 is 5.00. The Kier molecular flexibility index (Phi) is 4.79. The molecule has 0 aromatic carbocycles. The molecule has 108 valence electrons. The number of amides is 1. The van der Waals surface area contributed by atoms with Crippen LogP contribution in [0.15, 0.2) is 16.0 Å². The second-order valence-corrected chi connectivity index (χ2v) is 5.58. The third-order valence-corrected chi connectivity index (χ3v) is 4.11. The molecule has 0 bridgehead atoms. The maximum absolute atomic E-state index is 12.2. The van der Waals surface area contributed by atoms with Crippen molar-refractivity contribution in [3.63, 3.8) is 0 Å². The van der Waals surface area contributed by atoms with Gasteiger partial charge in [-0.25, -0.2) is 0 Å². The first-order valence-electron chi connectivity index (χ1n) is 6.73. The third-order valence-electron chi connectivity index (χ3n) is 3.09. The zero-order valence-corrected chi connectivity index (χ0v) is 12.5. The number of thiophene rings is 1. The van der Waals surface area contributed by atoms with E-state index in [-0.39, 0.29) is 11.8 Å². The number of hydrogen-bond acceptors (Lipinski definition) is 5. The minimum atomic E-state index is -0.220. The SMILES string of the molecule is CCCCCNC(=O)c1c(-c2sccc2C)noc1N. The highest BCUT2D eigenvalue weighted by Gasteiger charge is 2.23. The first kappa shape index (κ1) is 14.6. The van der Waals surface area contributed by atoms with E-state index in [0.717, 1.165) is 29.7 Å². The van der Waals surface area contributed by atoms with E-state index in [1.54, 1.807) is 0 Å². The van der Waals surface area contributed by atoms with Crippen molar-refractivity contribution in [3.8, 4) is 10.6 Å². The number of nitrogens with zero attached hydrogens (tertiary/aromatic N) is 1. The van der Waals surface area contributed by atoms with Crippen LogP contribution < -0.4 is 11.1 Å². The number of nitrogen functional groups attached to an aromatic ring is 1. The first-order valence-corrected chi connectivity index (χ1v) is 7.61.